The second-order valence-corrected chi connectivity index (χ2v) is 3.34. The zero-order chi connectivity index (χ0) is 12.7. The average Bonchev–Trinajstić information content (AvgIpc) is 2.22. The summed E-state index contributed by atoms with van der Waals surface area (Å²) in [5, 5.41) is 2.69. The van der Waals surface area contributed by atoms with Crippen LogP contribution in [-0.4, -0.2) is 31.8 Å². The predicted molar refractivity (Wildman–Crippen MR) is 59.5 cm³/mol. The number of rotatable bonds is 6. The molecule has 0 amide bonds. The Kier molecular flexibility index (Phi) is 6.10. The smallest absolute Gasteiger partial charge is 0.334 e. The summed E-state index contributed by atoms with van der Waals surface area (Å²) in [5.74, 6) is -1.06. The first kappa shape index (κ1) is 14.4. The largest absolute Gasteiger partial charge is 0.457 e. The van der Waals surface area contributed by atoms with E-state index in [1.165, 1.54) is 13.8 Å². The fourth-order valence-corrected chi connectivity index (χ4v) is 0.681. The summed E-state index contributed by atoms with van der Waals surface area (Å²) in [4.78, 5) is 22.2. The topological polar surface area (TPSA) is 64.6 Å². The van der Waals surface area contributed by atoms with Gasteiger partial charge in [-0.1, -0.05) is 13.2 Å². The van der Waals surface area contributed by atoms with Gasteiger partial charge in [-0.3, -0.25) is 5.32 Å². The minimum Gasteiger partial charge on any atom is -0.457 e. The van der Waals surface area contributed by atoms with Crippen molar-refractivity contribution in [2.45, 2.75) is 20.1 Å². The van der Waals surface area contributed by atoms with E-state index in [9.17, 15) is 9.59 Å². The molecular formula is C11H17NO4. The lowest BCUT2D eigenvalue weighted by molar-refractivity contribution is -0.155. The lowest BCUT2D eigenvalue weighted by Gasteiger charge is -2.16. The molecule has 0 aliphatic rings. The molecule has 5 nitrogen and oxygen atoms in total. The molecule has 0 aromatic carbocycles. The fraction of sp³-hybridized carbons (Fsp3) is 0.455. The van der Waals surface area contributed by atoms with Gasteiger partial charge in [0.15, 0.2) is 6.23 Å². The van der Waals surface area contributed by atoms with E-state index >= 15 is 0 Å². The number of likely N-dealkylation sites (N-methyl/N-ethyl adjacent to an activating group) is 1. The molecule has 0 bridgehead atoms. The number of esters is 2. The van der Waals surface area contributed by atoms with Crippen LogP contribution in [0.3, 0.4) is 0 Å². The van der Waals surface area contributed by atoms with Crippen LogP contribution in [-0.2, 0) is 19.1 Å². The molecule has 5 heteroatoms. The summed E-state index contributed by atoms with van der Waals surface area (Å²) >= 11 is 0. The fourth-order valence-electron chi connectivity index (χ4n) is 0.681. The van der Waals surface area contributed by atoms with Crippen molar-refractivity contribution in [3.05, 3.63) is 24.3 Å². The van der Waals surface area contributed by atoms with Crippen LogP contribution in [0.4, 0.5) is 0 Å². The van der Waals surface area contributed by atoms with Crippen molar-refractivity contribution >= 4 is 11.9 Å². The summed E-state index contributed by atoms with van der Waals surface area (Å²) in [6.07, 6.45) is -0.688. The molecule has 90 valence electrons. The van der Waals surface area contributed by atoms with E-state index in [4.69, 9.17) is 9.47 Å². The van der Waals surface area contributed by atoms with E-state index in [0.29, 0.717) is 5.57 Å². The maximum atomic E-state index is 11.2. The van der Waals surface area contributed by atoms with Crippen molar-refractivity contribution in [3.63, 3.8) is 0 Å². The number of nitrogens with one attached hydrogen (secondary N) is 1. The van der Waals surface area contributed by atoms with Gasteiger partial charge in [0.25, 0.3) is 0 Å². The van der Waals surface area contributed by atoms with Crippen LogP contribution >= 0.6 is 0 Å². The molecule has 0 saturated carbocycles. The molecule has 0 radical (unpaired) electrons. The van der Waals surface area contributed by atoms with Crippen LogP contribution in [0, 0.1) is 0 Å². The highest BCUT2D eigenvalue weighted by molar-refractivity contribution is 5.87. The summed E-state index contributed by atoms with van der Waals surface area (Å²) in [5.41, 5.74) is 0.576. The van der Waals surface area contributed by atoms with Crippen molar-refractivity contribution < 1.29 is 19.1 Å². The van der Waals surface area contributed by atoms with Crippen molar-refractivity contribution in [1.29, 1.82) is 0 Å². The third kappa shape index (κ3) is 5.31. The Labute approximate surface area is 95.1 Å². The third-order valence-electron chi connectivity index (χ3n) is 1.63. The Balaban J connectivity index is 4.11. The van der Waals surface area contributed by atoms with Crippen LogP contribution < -0.4 is 5.32 Å². The Morgan fingerprint density at radius 1 is 1.19 bits per heavy atom. The van der Waals surface area contributed by atoms with Crippen LogP contribution in [0.5, 0.6) is 0 Å². The van der Waals surface area contributed by atoms with Gasteiger partial charge in [-0.2, -0.15) is 0 Å². The van der Waals surface area contributed by atoms with Crippen molar-refractivity contribution in [3.8, 4) is 0 Å². The summed E-state index contributed by atoms with van der Waals surface area (Å²) < 4.78 is 9.76. The molecule has 0 aromatic rings. The summed E-state index contributed by atoms with van der Waals surface area (Å²) in [6.45, 7) is 9.88. The van der Waals surface area contributed by atoms with Gasteiger partial charge in [0.05, 0.1) is 0 Å². The van der Waals surface area contributed by atoms with Gasteiger partial charge >= 0.3 is 11.9 Å². The van der Waals surface area contributed by atoms with Crippen molar-refractivity contribution in [2.24, 2.45) is 0 Å². The van der Waals surface area contributed by atoms with E-state index in [1.807, 2.05) is 0 Å². The Hall–Kier alpha value is -1.62. The standard InChI is InChI=1S/C11H17NO4/c1-7(2)10(13)15-6-9(12-5)16-11(14)8(3)4/h9,12H,1,3,6H2,2,4-5H3. The maximum absolute atomic E-state index is 11.2. The molecule has 1 unspecified atom stereocenters. The first-order chi connectivity index (χ1) is 7.38. The molecule has 0 spiro atoms. The molecule has 0 aromatic heterocycles. The zero-order valence-corrected chi connectivity index (χ0v) is 9.83. The highest BCUT2D eigenvalue weighted by Crippen LogP contribution is 1.99. The Bertz CT molecular complexity index is 309. The van der Waals surface area contributed by atoms with Gasteiger partial charge < -0.3 is 9.47 Å². The van der Waals surface area contributed by atoms with Crippen LogP contribution in [0.1, 0.15) is 13.8 Å². The quantitative estimate of drug-likeness (QED) is 0.412. The molecule has 1 N–H and O–H groups in total. The number of hydrogen-bond acceptors (Lipinski definition) is 5. The predicted octanol–water partition coefficient (Wildman–Crippen LogP) is 0.770. The van der Waals surface area contributed by atoms with Gasteiger partial charge in [0.2, 0.25) is 0 Å². The SMILES string of the molecule is C=C(C)C(=O)OCC(NC)OC(=O)C(=C)C. The molecule has 16 heavy (non-hydrogen) atoms. The van der Waals surface area contributed by atoms with E-state index in [-0.39, 0.29) is 12.2 Å². The average molecular weight is 227 g/mol. The summed E-state index contributed by atoms with van der Waals surface area (Å²) in [6, 6.07) is 0. The normalized spacial score (nSPS) is 11.4. The molecular weight excluding hydrogens is 210 g/mol. The minimum absolute atomic E-state index is 0.0682. The van der Waals surface area contributed by atoms with Gasteiger partial charge in [-0.05, 0) is 20.9 Å². The van der Waals surface area contributed by atoms with Crippen molar-refractivity contribution in [2.75, 3.05) is 13.7 Å². The van der Waals surface area contributed by atoms with Gasteiger partial charge in [-0.25, -0.2) is 9.59 Å². The lowest BCUT2D eigenvalue weighted by atomic mass is 10.3. The number of hydrogen-bond donors (Lipinski definition) is 1. The molecule has 0 aliphatic carbocycles. The van der Waals surface area contributed by atoms with Crippen LogP contribution in [0.2, 0.25) is 0 Å². The second-order valence-electron chi connectivity index (χ2n) is 3.34. The maximum Gasteiger partial charge on any atom is 0.334 e. The van der Waals surface area contributed by atoms with E-state index in [2.05, 4.69) is 18.5 Å². The van der Waals surface area contributed by atoms with E-state index in [0.717, 1.165) is 0 Å². The molecule has 0 rings (SSSR count). The van der Waals surface area contributed by atoms with Crippen LogP contribution in [0.25, 0.3) is 0 Å². The second kappa shape index (κ2) is 6.79. The van der Waals surface area contributed by atoms with Gasteiger partial charge in [0.1, 0.15) is 6.61 Å². The highest BCUT2D eigenvalue weighted by Gasteiger charge is 2.15. The first-order valence-corrected chi connectivity index (χ1v) is 4.74. The first-order valence-electron chi connectivity index (χ1n) is 4.74. The monoisotopic (exact) mass is 227 g/mol. The molecule has 0 aliphatic heterocycles. The molecule has 0 heterocycles. The van der Waals surface area contributed by atoms with Crippen molar-refractivity contribution in [1.82, 2.24) is 5.32 Å². The molecule has 0 saturated heterocycles. The number of carbonyl (C=O) groups is 2. The Morgan fingerprint density at radius 3 is 2.06 bits per heavy atom. The van der Waals surface area contributed by atoms with Gasteiger partial charge in [0, 0.05) is 11.1 Å². The lowest BCUT2D eigenvalue weighted by Crippen LogP contribution is -2.36. The number of carbonyl (C=O) groups excluding carboxylic acids is 2. The van der Waals surface area contributed by atoms with Gasteiger partial charge in [-0.15, -0.1) is 0 Å². The highest BCUT2D eigenvalue weighted by atomic mass is 16.6. The Morgan fingerprint density at radius 2 is 1.69 bits per heavy atom. The van der Waals surface area contributed by atoms with Crippen LogP contribution in [0.15, 0.2) is 24.3 Å². The zero-order valence-electron chi connectivity index (χ0n) is 9.83. The third-order valence-corrected chi connectivity index (χ3v) is 1.63. The van der Waals surface area contributed by atoms with E-state index in [1.54, 1.807) is 7.05 Å². The van der Waals surface area contributed by atoms with E-state index < -0.39 is 18.2 Å². The minimum atomic E-state index is -0.688. The number of ether oxygens (including phenoxy) is 2. The molecule has 0 fully saturated rings. The molecule has 1 atom stereocenters. The summed E-state index contributed by atoms with van der Waals surface area (Å²) in [7, 11) is 1.59.